The molecular formula is C34H17BF15PSi. The maximum atomic E-state index is 16.3. The lowest BCUT2D eigenvalue weighted by Gasteiger charge is -2.61. The third-order valence-corrected chi connectivity index (χ3v) is 20.5. The molecule has 5 aromatic carbocycles. The molecule has 1 aliphatic rings. The van der Waals surface area contributed by atoms with Crippen molar-refractivity contribution in [2.24, 2.45) is 0 Å². The van der Waals surface area contributed by atoms with Gasteiger partial charge in [0, 0.05) is 5.19 Å². The first-order valence-corrected chi connectivity index (χ1v) is 19.6. The molecule has 0 spiro atoms. The number of hydrogen-bond acceptors (Lipinski definition) is 0. The molecule has 52 heavy (non-hydrogen) atoms. The van der Waals surface area contributed by atoms with Crippen molar-refractivity contribution in [2.75, 3.05) is 0 Å². The highest BCUT2D eigenvalue weighted by molar-refractivity contribution is 8.27. The summed E-state index contributed by atoms with van der Waals surface area (Å²) in [4.78, 5) is -0.520. The zero-order chi connectivity index (χ0) is 38.4. The third-order valence-electron chi connectivity index (χ3n) is 9.56. The van der Waals surface area contributed by atoms with E-state index in [1.807, 2.05) is 0 Å². The van der Waals surface area contributed by atoms with Crippen molar-refractivity contribution in [3.05, 3.63) is 159 Å². The minimum atomic E-state index is -4.91. The van der Waals surface area contributed by atoms with Crippen molar-refractivity contribution < 1.29 is 65.9 Å². The molecule has 1 aliphatic heterocycles. The molecule has 5 aromatic rings. The van der Waals surface area contributed by atoms with E-state index in [0.717, 1.165) is 37.4 Å². The number of halogens is 15. The van der Waals surface area contributed by atoms with Gasteiger partial charge in [-0.1, -0.05) is 60.4 Å². The fraction of sp³-hybridized carbons (Fsp3) is 0.0588. The molecule has 0 fully saturated rings. The Labute approximate surface area is 285 Å². The first-order chi connectivity index (χ1) is 24.3. The fourth-order valence-corrected chi connectivity index (χ4v) is 20.4. The lowest BCUT2D eigenvalue weighted by Crippen LogP contribution is -2.74. The summed E-state index contributed by atoms with van der Waals surface area (Å²) >= 11 is 0. The number of rotatable bonds is 6. The van der Waals surface area contributed by atoms with Crippen LogP contribution in [0.5, 0.6) is 0 Å². The molecule has 0 aliphatic carbocycles. The van der Waals surface area contributed by atoms with Gasteiger partial charge in [0.15, 0.2) is 66.2 Å². The summed E-state index contributed by atoms with van der Waals surface area (Å²) in [5, 5.41) is -2.11. The highest BCUT2D eigenvalue weighted by atomic mass is 31.2. The Morgan fingerprint density at radius 1 is 0.385 bits per heavy atom. The average Bonchev–Trinajstić information content (AvgIpc) is 3.12. The van der Waals surface area contributed by atoms with Gasteiger partial charge >= 0.3 is 0 Å². The quantitative estimate of drug-likeness (QED) is 0.0538. The van der Waals surface area contributed by atoms with Crippen molar-refractivity contribution in [1.82, 2.24) is 0 Å². The van der Waals surface area contributed by atoms with Crippen LogP contribution in [0.4, 0.5) is 65.9 Å². The van der Waals surface area contributed by atoms with Crippen molar-refractivity contribution >= 4 is 47.8 Å². The predicted molar refractivity (Wildman–Crippen MR) is 168 cm³/mol. The minimum Gasteiger partial charge on any atom is -0.207 e. The normalized spacial score (nSPS) is 15.1. The molecular weight excluding hydrogens is 763 g/mol. The molecule has 1 heterocycles. The van der Waals surface area contributed by atoms with Crippen LogP contribution >= 0.6 is 7.14 Å². The van der Waals surface area contributed by atoms with Crippen LogP contribution in [0.2, 0.25) is 13.1 Å². The molecule has 0 nitrogen and oxygen atoms in total. The summed E-state index contributed by atoms with van der Waals surface area (Å²) in [7, 11) is -9.67. The molecule has 0 unspecified atom stereocenters. The molecule has 0 saturated carbocycles. The second kappa shape index (κ2) is 12.6. The predicted octanol–water partition coefficient (Wildman–Crippen LogP) is 8.09. The summed E-state index contributed by atoms with van der Waals surface area (Å²) in [5.41, 5.74) is -4.10. The highest BCUT2D eigenvalue weighted by Gasteiger charge is 2.72. The van der Waals surface area contributed by atoms with Crippen LogP contribution in [0.1, 0.15) is 0 Å². The van der Waals surface area contributed by atoms with Crippen LogP contribution in [0.3, 0.4) is 0 Å². The van der Waals surface area contributed by atoms with Gasteiger partial charge in [-0.2, -0.15) is 5.98 Å². The second-order valence-corrected chi connectivity index (χ2v) is 20.9. The van der Waals surface area contributed by atoms with Crippen LogP contribution < -0.4 is 26.7 Å². The summed E-state index contributed by atoms with van der Waals surface area (Å²) in [6.45, 7) is 1.93. The minimum absolute atomic E-state index is 0.323. The van der Waals surface area contributed by atoms with Gasteiger partial charge in [0.25, 0.3) is 5.87 Å². The molecule has 0 saturated heterocycles. The lowest BCUT2D eigenvalue weighted by atomic mass is 9.37. The average molecular weight is 780 g/mol. The molecule has 6 rings (SSSR count). The molecule has 0 atom stereocenters. The topological polar surface area (TPSA) is 0 Å². The molecule has 0 amide bonds. The van der Waals surface area contributed by atoms with Crippen LogP contribution in [0.25, 0.3) is 0 Å². The van der Waals surface area contributed by atoms with E-state index >= 15 is 43.9 Å². The fourth-order valence-electron chi connectivity index (χ4n) is 7.46. The molecule has 18 heteroatoms. The number of hydrogen-bond donors (Lipinski definition) is 0. The van der Waals surface area contributed by atoms with Crippen molar-refractivity contribution in [2.45, 2.75) is 13.1 Å². The molecule has 270 valence electrons. The van der Waals surface area contributed by atoms with Gasteiger partial charge in [-0.05, 0) is 36.3 Å². The highest BCUT2D eigenvalue weighted by Crippen LogP contribution is 2.78. The first kappa shape index (κ1) is 37.3. The van der Waals surface area contributed by atoms with Gasteiger partial charge < -0.3 is 0 Å². The maximum Gasteiger partial charge on any atom is 0.269 e. The summed E-state index contributed by atoms with van der Waals surface area (Å²) in [6.07, 6.45) is 0. The monoisotopic (exact) mass is 780 g/mol. The van der Waals surface area contributed by atoms with Crippen LogP contribution in [0, 0.1) is 87.3 Å². The van der Waals surface area contributed by atoms with E-state index in [1.165, 1.54) is 36.4 Å². The van der Waals surface area contributed by atoms with Crippen molar-refractivity contribution in [3.8, 4) is 0 Å². The van der Waals surface area contributed by atoms with E-state index in [4.69, 9.17) is 0 Å². The summed E-state index contributed by atoms with van der Waals surface area (Å²) < 4.78 is 230. The second-order valence-electron chi connectivity index (χ2n) is 12.4. The SMILES string of the molecule is C[Si](C)(C1=C[B-](c2c(F)c(F)c(F)c(F)c2F)(c2c(F)c(F)c(F)c(F)c2F)[P+]1(c1ccccc1)c1ccccc1)c1c(F)c(F)c(F)c(F)c1F. The van der Waals surface area contributed by atoms with Gasteiger partial charge in [0.1, 0.15) is 23.3 Å². The van der Waals surface area contributed by atoms with Crippen LogP contribution in [0.15, 0.2) is 71.6 Å². The Bertz CT molecular complexity index is 2150. The Kier molecular flexibility index (Phi) is 9.01. The Hall–Kier alpha value is -4.50. The molecule has 0 N–H and O–H groups in total. The van der Waals surface area contributed by atoms with Crippen LogP contribution in [-0.2, 0) is 0 Å². The number of benzene rings is 5. The van der Waals surface area contributed by atoms with Crippen molar-refractivity contribution in [1.29, 1.82) is 0 Å². The van der Waals surface area contributed by atoms with E-state index in [9.17, 15) is 22.0 Å². The van der Waals surface area contributed by atoms with E-state index in [2.05, 4.69) is 0 Å². The Morgan fingerprint density at radius 2 is 0.654 bits per heavy atom. The lowest BCUT2D eigenvalue weighted by molar-refractivity contribution is 0.382. The van der Waals surface area contributed by atoms with E-state index in [1.54, 1.807) is 0 Å². The van der Waals surface area contributed by atoms with E-state index in [0.29, 0.717) is 5.98 Å². The zero-order valence-corrected chi connectivity index (χ0v) is 27.9. The van der Waals surface area contributed by atoms with E-state index < -0.39 is 129 Å². The van der Waals surface area contributed by atoms with E-state index in [-0.39, 0.29) is 10.6 Å². The van der Waals surface area contributed by atoms with Gasteiger partial charge in [-0.3, -0.25) is 0 Å². The van der Waals surface area contributed by atoms with Gasteiger partial charge in [-0.15, -0.1) is 0 Å². The molecule has 0 radical (unpaired) electrons. The van der Waals surface area contributed by atoms with Gasteiger partial charge in [0.05, 0.1) is 10.6 Å². The first-order valence-electron chi connectivity index (χ1n) is 14.8. The van der Waals surface area contributed by atoms with Crippen LogP contribution in [-0.4, -0.2) is 13.9 Å². The maximum absolute atomic E-state index is 16.3. The summed E-state index contributed by atoms with van der Waals surface area (Å²) in [5.74, 6) is -43.7. The molecule has 0 bridgehead atoms. The van der Waals surface area contributed by atoms with Gasteiger partial charge in [0.2, 0.25) is 5.82 Å². The Balaban J connectivity index is 1.99. The summed E-state index contributed by atoms with van der Waals surface area (Å²) in [6, 6.07) is 11.9. The standard InChI is InChI=1S/C34H17BF15PSi/c1-52(2,34-32(49)30(47)29(46)31(48)33(34)50)16-13-35(17-19(36)23(40)27(44)24(41)20(17)37,18-21(38)25(42)28(45)26(43)22(18)39)51(16,14-9-5-3-6-10-14)15-11-7-4-8-12-15/h3-13H,1-2H3. The smallest absolute Gasteiger partial charge is 0.207 e. The van der Waals surface area contributed by atoms with Crippen molar-refractivity contribution in [3.63, 3.8) is 0 Å². The zero-order valence-electron chi connectivity index (χ0n) is 26.0. The van der Waals surface area contributed by atoms with Gasteiger partial charge in [-0.25, -0.2) is 65.9 Å². The largest absolute Gasteiger partial charge is 0.269 e. The molecule has 0 aromatic heterocycles. The Morgan fingerprint density at radius 3 is 0.962 bits per heavy atom. The third kappa shape index (κ3) is 4.63.